The minimum atomic E-state index is -1.17. The number of hydrogen-bond acceptors (Lipinski definition) is 8. The van der Waals surface area contributed by atoms with Crippen molar-refractivity contribution in [3.8, 4) is 17.3 Å². The first kappa shape index (κ1) is 23.3. The molecule has 1 aliphatic rings. The fraction of sp³-hybridized carbons (Fsp3) is 0.320. The number of H-pyrrole nitrogens is 1. The van der Waals surface area contributed by atoms with E-state index in [4.69, 9.17) is 21.2 Å². The first-order valence-corrected chi connectivity index (χ1v) is 11.0. The molecule has 176 valence electrons. The Morgan fingerprint density at radius 2 is 2.00 bits per heavy atom. The number of para-hydroxylation sites is 1. The molecule has 1 atom stereocenters. The third-order valence-electron chi connectivity index (χ3n) is 6.17. The number of likely N-dealkylation sites (N-methyl/N-ethyl adjacent to an activating group) is 2. The van der Waals surface area contributed by atoms with Crippen molar-refractivity contribution in [3.05, 3.63) is 71.3 Å². The number of methoxy groups -OCH3 is 1. The Bertz CT molecular complexity index is 1320. The zero-order chi connectivity index (χ0) is 24.5. The number of allylic oxidation sites excluding steroid dienone is 1. The molecule has 1 aliphatic carbocycles. The van der Waals surface area contributed by atoms with Gasteiger partial charge in [0.2, 0.25) is 0 Å². The van der Waals surface area contributed by atoms with E-state index < -0.39 is 5.54 Å². The smallest absolute Gasteiger partial charge is 0.157 e. The summed E-state index contributed by atoms with van der Waals surface area (Å²) in [5, 5.41) is 10.7. The molecule has 9 heteroatoms. The lowest BCUT2D eigenvalue weighted by Gasteiger charge is -2.36. The van der Waals surface area contributed by atoms with Gasteiger partial charge in [-0.1, -0.05) is 18.2 Å². The molecule has 0 bridgehead atoms. The van der Waals surface area contributed by atoms with Crippen LogP contribution in [-0.2, 0) is 10.3 Å². The van der Waals surface area contributed by atoms with Gasteiger partial charge in [0.1, 0.15) is 17.4 Å². The van der Waals surface area contributed by atoms with Gasteiger partial charge >= 0.3 is 0 Å². The van der Waals surface area contributed by atoms with E-state index in [1.165, 1.54) is 6.20 Å². The lowest BCUT2D eigenvalue weighted by Crippen LogP contribution is -2.45. The first-order chi connectivity index (χ1) is 16.3. The van der Waals surface area contributed by atoms with Crippen molar-refractivity contribution in [2.24, 2.45) is 11.5 Å². The highest BCUT2D eigenvalue weighted by Gasteiger charge is 2.41. The number of rotatable bonds is 7. The summed E-state index contributed by atoms with van der Waals surface area (Å²) >= 11 is 0. The predicted molar refractivity (Wildman–Crippen MR) is 132 cm³/mol. The van der Waals surface area contributed by atoms with Gasteiger partial charge in [-0.2, -0.15) is 5.26 Å². The van der Waals surface area contributed by atoms with Gasteiger partial charge in [0, 0.05) is 67.2 Å². The molecule has 1 unspecified atom stereocenters. The molecule has 1 aromatic carbocycles. The fourth-order valence-corrected chi connectivity index (χ4v) is 4.23. The second-order valence-corrected chi connectivity index (χ2v) is 8.81. The van der Waals surface area contributed by atoms with Gasteiger partial charge in [-0.15, -0.1) is 0 Å². The second kappa shape index (κ2) is 9.17. The van der Waals surface area contributed by atoms with Crippen LogP contribution in [0.2, 0.25) is 0 Å². The normalized spacial score (nSPS) is 18.2. The number of nitrogens with zero attached hydrogens (tertiary/aromatic N) is 5. The van der Waals surface area contributed by atoms with Crippen LogP contribution >= 0.6 is 0 Å². The summed E-state index contributed by atoms with van der Waals surface area (Å²) in [6, 6.07) is 10.1. The van der Waals surface area contributed by atoms with Crippen molar-refractivity contribution in [2.75, 3.05) is 41.3 Å². The van der Waals surface area contributed by atoms with Gasteiger partial charge in [0.25, 0.3) is 0 Å². The number of aromatic amines is 1. The second-order valence-electron chi connectivity index (χ2n) is 8.81. The average molecular weight is 459 g/mol. The summed E-state index contributed by atoms with van der Waals surface area (Å²) in [6.45, 7) is 1.68. The predicted octanol–water partition coefficient (Wildman–Crippen LogP) is 2.25. The lowest BCUT2D eigenvalue weighted by atomic mass is 9.85. The Hall–Kier alpha value is -3.87. The van der Waals surface area contributed by atoms with E-state index in [0.717, 1.165) is 35.3 Å². The molecule has 5 N–H and O–H groups in total. The molecule has 34 heavy (non-hydrogen) atoms. The molecule has 0 spiro atoms. The molecule has 0 fully saturated rings. The Morgan fingerprint density at radius 3 is 2.71 bits per heavy atom. The first-order valence-electron chi connectivity index (χ1n) is 11.0. The SMILES string of the molecule is COC1=CC(N(C)CCN(C)C)=C(N)CC1(N)c1ncc(C#N)c(-c2c[nH]c3ccccc23)n1. The fourth-order valence-electron chi connectivity index (χ4n) is 4.23. The lowest BCUT2D eigenvalue weighted by molar-refractivity contribution is 0.205. The highest BCUT2D eigenvalue weighted by Crippen LogP contribution is 2.38. The van der Waals surface area contributed by atoms with Crippen LogP contribution in [0.1, 0.15) is 17.8 Å². The van der Waals surface area contributed by atoms with Crippen molar-refractivity contribution in [1.29, 1.82) is 5.26 Å². The molecular weight excluding hydrogens is 428 g/mol. The van der Waals surface area contributed by atoms with Gasteiger partial charge in [-0.25, -0.2) is 9.97 Å². The zero-order valence-electron chi connectivity index (χ0n) is 20.0. The maximum absolute atomic E-state index is 9.74. The highest BCUT2D eigenvalue weighted by atomic mass is 16.5. The van der Waals surface area contributed by atoms with E-state index in [0.29, 0.717) is 28.5 Å². The molecule has 9 nitrogen and oxygen atoms in total. The van der Waals surface area contributed by atoms with Gasteiger partial charge in [-0.3, -0.25) is 0 Å². The largest absolute Gasteiger partial charge is 0.499 e. The summed E-state index contributed by atoms with van der Waals surface area (Å²) in [5.41, 5.74) is 16.4. The van der Waals surface area contributed by atoms with Crippen molar-refractivity contribution in [2.45, 2.75) is 12.0 Å². The topological polar surface area (TPSA) is 133 Å². The Labute approximate surface area is 199 Å². The van der Waals surface area contributed by atoms with Gasteiger partial charge in [0.05, 0.1) is 24.1 Å². The van der Waals surface area contributed by atoms with Gasteiger partial charge < -0.3 is 31.0 Å². The van der Waals surface area contributed by atoms with E-state index in [1.807, 2.05) is 57.7 Å². The Morgan fingerprint density at radius 1 is 1.24 bits per heavy atom. The summed E-state index contributed by atoms with van der Waals surface area (Å²) in [7, 11) is 7.63. The third-order valence-corrected chi connectivity index (χ3v) is 6.17. The maximum Gasteiger partial charge on any atom is 0.157 e. The molecule has 0 saturated carbocycles. The third kappa shape index (κ3) is 4.09. The quantitative estimate of drug-likeness (QED) is 0.491. The van der Waals surface area contributed by atoms with Crippen LogP contribution in [0.3, 0.4) is 0 Å². The van der Waals surface area contributed by atoms with Crippen molar-refractivity contribution >= 4 is 10.9 Å². The van der Waals surface area contributed by atoms with E-state index in [2.05, 4.69) is 25.8 Å². The summed E-state index contributed by atoms with van der Waals surface area (Å²) in [6.07, 6.45) is 5.51. The molecule has 0 aliphatic heterocycles. The standard InChI is InChI=1S/C25H30N8O/c1-32(2)9-10-33(3)21-11-22(34-4)25(28,12-19(21)27)24-30-14-16(13-26)23(31-24)18-15-29-20-8-6-5-7-17(18)20/h5-8,11,14-15,29H,9-10,12,27-28H2,1-4H3. The van der Waals surface area contributed by atoms with Crippen LogP contribution < -0.4 is 11.5 Å². The Balaban J connectivity index is 1.77. The molecule has 0 radical (unpaired) electrons. The number of fused-ring (bicyclic) bond motifs is 1. The van der Waals surface area contributed by atoms with E-state index in [9.17, 15) is 5.26 Å². The monoisotopic (exact) mass is 458 g/mol. The number of hydrogen-bond donors (Lipinski definition) is 3. The van der Waals surface area contributed by atoms with Crippen molar-refractivity contribution < 1.29 is 4.74 Å². The Kier molecular flexibility index (Phi) is 6.28. The number of benzene rings is 1. The highest BCUT2D eigenvalue weighted by molar-refractivity contribution is 5.95. The molecule has 2 heterocycles. The van der Waals surface area contributed by atoms with Crippen LogP contribution in [0.25, 0.3) is 22.2 Å². The number of aromatic nitrogens is 3. The average Bonchev–Trinajstić information content (AvgIpc) is 3.26. The maximum atomic E-state index is 9.74. The van der Waals surface area contributed by atoms with Gasteiger partial charge in [-0.05, 0) is 20.2 Å². The molecule has 2 aromatic heterocycles. The van der Waals surface area contributed by atoms with E-state index >= 15 is 0 Å². The minimum Gasteiger partial charge on any atom is -0.499 e. The molecule has 3 aromatic rings. The molecule has 0 saturated heterocycles. The van der Waals surface area contributed by atoms with Crippen LogP contribution in [0.15, 0.2) is 59.9 Å². The van der Waals surface area contributed by atoms with Crippen LogP contribution in [0, 0.1) is 11.3 Å². The number of nitrogens with one attached hydrogen (secondary N) is 1. The van der Waals surface area contributed by atoms with E-state index in [-0.39, 0.29) is 6.42 Å². The number of ether oxygens (including phenoxy) is 1. The summed E-state index contributed by atoms with van der Waals surface area (Å²) in [5.74, 6) is 0.862. The molecule has 0 amide bonds. The zero-order valence-corrected chi connectivity index (χ0v) is 20.0. The minimum absolute atomic E-state index is 0.285. The molecule has 4 rings (SSSR count). The summed E-state index contributed by atoms with van der Waals surface area (Å²) < 4.78 is 5.73. The van der Waals surface area contributed by atoms with Crippen LogP contribution in [-0.4, -0.2) is 66.1 Å². The number of nitriles is 1. The summed E-state index contributed by atoms with van der Waals surface area (Å²) in [4.78, 5) is 16.7. The van der Waals surface area contributed by atoms with E-state index in [1.54, 1.807) is 7.11 Å². The molecular formula is C25H30N8O. The van der Waals surface area contributed by atoms with Crippen molar-refractivity contribution in [1.82, 2.24) is 24.8 Å². The van der Waals surface area contributed by atoms with Gasteiger partial charge in [0.15, 0.2) is 5.82 Å². The van der Waals surface area contributed by atoms with Crippen LogP contribution in [0.4, 0.5) is 0 Å². The number of nitrogens with two attached hydrogens (primary N) is 2. The van der Waals surface area contributed by atoms with Crippen molar-refractivity contribution in [3.63, 3.8) is 0 Å². The van der Waals surface area contributed by atoms with Crippen LogP contribution in [0.5, 0.6) is 0 Å².